The molecule has 0 heterocycles. The number of rotatable bonds is 6. The molecule has 7 heteroatoms. The smallest absolute Gasteiger partial charge is 0.390 e. The summed E-state index contributed by atoms with van der Waals surface area (Å²) in [6.45, 7) is 12.8. The van der Waals surface area contributed by atoms with Gasteiger partial charge in [0.15, 0.2) is 0 Å². The molecule has 0 atom stereocenters. The fourth-order valence-corrected chi connectivity index (χ4v) is 3.50. The normalized spacial score (nSPS) is 14.6. The molecule has 1 fully saturated rings. The van der Waals surface area contributed by atoms with Gasteiger partial charge in [0.2, 0.25) is 0 Å². The summed E-state index contributed by atoms with van der Waals surface area (Å²) in [6.07, 6.45) is 2.42. The standard InChI is InChI=1S/C13H15BrF3N.C7H14O2.C5H10/c1-4-5-9(3)18-12-8(2)6-10(14)7-11(12)13(15,16)17;1-4-6(8)5-7(2,3)9;1-5-3-2-4-5/h6-7H,4-5H2,1-3H3;9H,4-5H2,1-3H3;5H,2-4H2,1H3. The zero-order valence-corrected chi connectivity index (χ0v) is 22.1. The molecule has 0 aromatic heterocycles. The van der Waals surface area contributed by atoms with Gasteiger partial charge in [0.05, 0.1) is 16.9 Å². The number of aryl methyl sites for hydroxylation is 1. The van der Waals surface area contributed by atoms with E-state index >= 15 is 0 Å². The van der Waals surface area contributed by atoms with Gasteiger partial charge in [-0.25, -0.2) is 0 Å². The maximum absolute atomic E-state index is 13.0. The van der Waals surface area contributed by atoms with Crippen LogP contribution in [0.3, 0.4) is 0 Å². The maximum atomic E-state index is 13.0. The number of hydrogen-bond acceptors (Lipinski definition) is 3. The molecule has 1 aliphatic rings. The molecule has 2 rings (SSSR count). The molecular formula is C25H39BrF3NO2. The maximum Gasteiger partial charge on any atom is 0.418 e. The van der Waals surface area contributed by atoms with Crippen LogP contribution < -0.4 is 0 Å². The Hall–Kier alpha value is -1.21. The van der Waals surface area contributed by atoms with Crippen LogP contribution in [0.2, 0.25) is 0 Å². The van der Waals surface area contributed by atoms with Crippen molar-refractivity contribution in [3.63, 3.8) is 0 Å². The van der Waals surface area contributed by atoms with Gasteiger partial charge in [-0.1, -0.05) is 62.4 Å². The van der Waals surface area contributed by atoms with Gasteiger partial charge in [-0.05, 0) is 57.7 Å². The third-order valence-corrected chi connectivity index (χ3v) is 5.36. The average Bonchev–Trinajstić information content (AvgIpc) is 2.61. The molecule has 0 spiro atoms. The number of halogens is 4. The first-order chi connectivity index (χ1) is 14.6. The lowest BCUT2D eigenvalue weighted by atomic mass is 9.88. The van der Waals surface area contributed by atoms with Crippen LogP contribution >= 0.6 is 15.9 Å². The van der Waals surface area contributed by atoms with E-state index in [-0.39, 0.29) is 17.9 Å². The van der Waals surface area contributed by atoms with Crippen molar-refractivity contribution in [2.24, 2.45) is 10.9 Å². The van der Waals surface area contributed by atoms with Gasteiger partial charge in [0.25, 0.3) is 0 Å². The number of nitrogens with zero attached hydrogens (tertiary/aromatic N) is 1. The Morgan fingerprint density at radius 3 is 2.06 bits per heavy atom. The third kappa shape index (κ3) is 13.4. The second-order valence-electron chi connectivity index (χ2n) is 9.13. The van der Waals surface area contributed by atoms with E-state index < -0.39 is 17.3 Å². The van der Waals surface area contributed by atoms with Crippen molar-refractivity contribution >= 4 is 33.1 Å². The van der Waals surface area contributed by atoms with Crippen LogP contribution in [0, 0.1) is 12.8 Å². The Balaban J connectivity index is 0.000000564. The van der Waals surface area contributed by atoms with Crippen LogP contribution in [0.25, 0.3) is 0 Å². The van der Waals surface area contributed by atoms with E-state index in [1.54, 1.807) is 40.7 Å². The molecule has 3 nitrogen and oxygen atoms in total. The molecule has 1 aromatic carbocycles. The van der Waals surface area contributed by atoms with Crippen LogP contribution in [0.15, 0.2) is 21.6 Å². The third-order valence-electron chi connectivity index (χ3n) is 4.90. The average molecular weight is 522 g/mol. The van der Waals surface area contributed by atoms with Gasteiger partial charge in [-0.3, -0.25) is 9.79 Å². The molecule has 1 N–H and O–H groups in total. The molecule has 1 aromatic rings. The second-order valence-corrected chi connectivity index (χ2v) is 10.0. The molecule has 0 aliphatic heterocycles. The highest BCUT2D eigenvalue weighted by Crippen LogP contribution is 2.40. The minimum absolute atomic E-state index is 0.0247. The van der Waals surface area contributed by atoms with E-state index in [1.165, 1.54) is 19.3 Å². The lowest BCUT2D eigenvalue weighted by Crippen LogP contribution is -2.22. The topological polar surface area (TPSA) is 49.7 Å². The highest BCUT2D eigenvalue weighted by Gasteiger charge is 2.34. The quantitative estimate of drug-likeness (QED) is 0.380. The summed E-state index contributed by atoms with van der Waals surface area (Å²) in [6, 6.07) is 2.72. The Morgan fingerprint density at radius 1 is 1.22 bits per heavy atom. The monoisotopic (exact) mass is 521 g/mol. The van der Waals surface area contributed by atoms with Gasteiger partial charge in [0.1, 0.15) is 5.78 Å². The first-order valence-corrected chi connectivity index (χ1v) is 12.1. The van der Waals surface area contributed by atoms with Crippen LogP contribution in [0.5, 0.6) is 0 Å². The number of carbonyl (C=O) groups excluding carboxylic acids is 1. The van der Waals surface area contributed by atoms with E-state index in [4.69, 9.17) is 5.11 Å². The molecule has 184 valence electrons. The number of carbonyl (C=O) groups is 1. The molecular weight excluding hydrogens is 483 g/mol. The Labute approximate surface area is 200 Å². The first-order valence-electron chi connectivity index (χ1n) is 11.3. The first kappa shape index (κ1) is 30.8. The lowest BCUT2D eigenvalue weighted by Gasteiger charge is -2.18. The molecule has 1 aliphatic carbocycles. The van der Waals surface area contributed by atoms with Crippen molar-refractivity contribution in [1.82, 2.24) is 0 Å². The molecule has 0 amide bonds. The van der Waals surface area contributed by atoms with E-state index in [0.717, 1.165) is 18.4 Å². The fourth-order valence-electron chi connectivity index (χ4n) is 2.93. The van der Waals surface area contributed by atoms with Crippen molar-refractivity contribution in [3.05, 3.63) is 27.7 Å². The van der Waals surface area contributed by atoms with E-state index in [0.29, 0.717) is 28.6 Å². The van der Waals surface area contributed by atoms with Crippen molar-refractivity contribution in [1.29, 1.82) is 0 Å². The molecule has 1 saturated carbocycles. The number of hydrogen-bond donors (Lipinski definition) is 1. The molecule has 0 bridgehead atoms. The van der Waals surface area contributed by atoms with Crippen LogP contribution in [0.1, 0.15) is 97.6 Å². The number of benzene rings is 1. The molecule has 32 heavy (non-hydrogen) atoms. The van der Waals surface area contributed by atoms with Crippen LogP contribution in [-0.2, 0) is 11.0 Å². The summed E-state index contributed by atoms with van der Waals surface area (Å²) in [5.74, 6) is 1.18. The summed E-state index contributed by atoms with van der Waals surface area (Å²) in [5.41, 5.74) is -0.255. The largest absolute Gasteiger partial charge is 0.418 e. The van der Waals surface area contributed by atoms with Crippen molar-refractivity contribution in [2.75, 3.05) is 0 Å². The van der Waals surface area contributed by atoms with Crippen molar-refractivity contribution < 1.29 is 23.1 Å². The van der Waals surface area contributed by atoms with Crippen LogP contribution in [0.4, 0.5) is 18.9 Å². The Morgan fingerprint density at radius 2 is 1.75 bits per heavy atom. The minimum Gasteiger partial charge on any atom is -0.390 e. The highest BCUT2D eigenvalue weighted by atomic mass is 79.9. The highest BCUT2D eigenvalue weighted by molar-refractivity contribution is 9.10. The summed E-state index contributed by atoms with van der Waals surface area (Å²) < 4.78 is 39.3. The van der Waals surface area contributed by atoms with Gasteiger partial charge >= 0.3 is 6.18 Å². The SMILES string of the molecule is CC1CCC1.CCC(=O)CC(C)(C)O.CCCC(C)=Nc1c(C)cc(Br)cc1C(F)(F)F. The van der Waals surface area contributed by atoms with E-state index in [2.05, 4.69) is 27.8 Å². The predicted molar refractivity (Wildman–Crippen MR) is 131 cm³/mol. The molecule has 0 unspecified atom stereocenters. The van der Waals surface area contributed by atoms with Gasteiger partial charge in [0, 0.05) is 23.0 Å². The molecule has 0 saturated heterocycles. The summed E-state index contributed by atoms with van der Waals surface area (Å²) in [7, 11) is 0. The summed E-state index contributed by atoms with van der Waals surface area (Å²) in [4.78, 5) is 14.8. The predicted octanol–water partition coefficient (Wildman–Crippen LogP) is 8.60. The van der Waals surface area contributed by atoms with Gasteiger partial charge in [-0.2, -0.15) is 13.2 Å². The zero-order chi connectivity index (χ0) is 25.1. The van der Waals surface area contributed by atoms with Crippen molar-refractivity contribution in [2.45, 2.75) is 105 Å². The number of alkyl halides is 3. The zero-order valence-electron chi connectivity index (χ0n) is 20.5. The van der Waals surface area contributed by atoms with E-state index in [1.807, 2.05) is 6.92 Å². The Kier molecular flexibility index (Phi) is 13.6. The number of aliphatic hydroxyl groups is 1. The second kappa shape index (κ2) is 14.1. The minimum atomic E-state index is -4.39. The van der Waals surface area contributed by atoms with Gasteiger partial charge < -0.3 is 5.11 Å². The molecule has 0 radical (unpaired) electrons. The number of Topliss-reactive ketones (excluding diaryl/α,β-unsaturated/α-hetero) is 1. The Bertz CT molecular complexity index is 749. The summed E-state index contributed by atoms with van der Waals surface area (Å²) >= 11 is 3.09. The van der Waals surface area contributed by atoms with Crippen molar-refractivity contribution in [3.8, 4) is 0 Å². The number of ketones is 1. The van der Waals surface area contributed by atoms with E-state index in [9.17, 15) is 18.0 Å². The lowest BCUT2D eigenvalue weighted by molar-refractivity contribution is -0.137. The van der Waals surface area contributed by atoms with Crippen LogP contribution in [-0.4, -0.2) is 22.2 Å². The number of aliphatic imine (C=N–C) groups is 1. The van der Waals surface area contributed by atoms with Gasteiger partial charge in [-0.15, -0.1) is 0 Å². The summed E-state index contributed by atoms with van der Waals surface area (Å²) in [5, 5.41) is 9.10. The fraction of sp³-hybridized carbons (Fsp3) is 0.680.